The summed E-state index contributed by atoms with van der Waals surface area (Å²) in [7, 11) is 5.70. The Labute approximate surface area is 141 Å². The number of ketones is 1. The second-order valence-electron chi connectivity index (χ2n) is 6.16. The number of aliphatic hydroxyl groups is 1. The van der Waals surface area contributed by atoms with Crippen LogP contribution in [0.2, 0.25) is 0 Å². The summed E-state index contributed by atoms with van der Waals surface area (Å²) < 4.78 is 9.57. The number of ether oxygens (including phenoxy) is 2. The average Bonchev–Trinajstić information content (AvgIpc) is 2.56. The lowest BCUT2D eigenvalue weighted by Crippen LogP contribution is -2.62. The third-order valence-electron chi connectivity index (χ3n) is 4.74. The number of rotatable bonds is 5. The molecule has 0 spiro atoms. The van der Waals surface area contributed by atoms with Crippen molar-refractivity contribution in [2.24, 2.45) is 28.8 Å². The third-order valence-corrected chi connectivity index (χ3v) is 4.74. The number of esters is 2. The van der Waals surface area contributed by atoms with E-state index in [1.807, 2.05) is 0 Å². The monoisotopic (exact) mass is 342 g/mol. The summed E-state index contributed by atoms with van der Waals surface area (Å²) in [6, 6.07) is 0. The highest BCUT2D eigenvalue weighted by molar-refractivity contribution is 6.05. The van der Waals surface area contributed by atoms with Gasteiger partial charge in [-0.3, -0.25) is 14.4 Å². The molecule has 8 nitrogen and oxygen atoms in total. The first kappa shape index (κ1) is 20.1. The maximum absolute atomic E-state index is 12.7. The van der Waals surface area contributed by atoms with E-state index in [0.717, 1.165) is 0 Å². The Morgan fingerprint density at radius 3 is 2.25 bits per heavy atom. The molecule has 0 radical (unpaired) electrons. The molecule has 0 saturated heterocycles. The molecule has 5 atom stereocenters. The fourth-order valence-corrected chi connectivity index (χ4v) is 3.30. The molecule has 1 fully saturated rings. The fourth-order valence-electron chi connectivity index (χ4n) is 3.30. The molecular formula is C16H26N2O6. The van der Waals surface area contributed by atoms with Crippen LogP contribution in [0.15, 0.2) is 5.10 Å². The summed E-state index contributed by atoms with van der Waals surface area (Å²) in [5, 5.41) is 16.6. The van der Waals surface area contributed by atoms with Gasteiger partial charge in [0.25, 0.3) is 0 Å². The molecule has 0 aromatic heterocycles. The Kier molecular flexibility index (Phi) is 6.48. The van der Waals surface area contributed by atoms with E-state index in [4.69, 9.17) is 9.47 Å². The minimum absolute atomic E-state index is 0.153. The second-order valence-corrected chi connectivity index (χ2v) is 6.16. The summed E-state index contributed by atoms with van der Waals surface area (Å²) in [5.74, 6) is -6.11. The SMILES string of the molecule is CC[C@@]1(O)[C@H](C(=O)OC)[C@@H](/C=N/N(C)C)[C@H](C(=O)OC)C(=O)[C@@H]1C. The lowest BCUT2D eigenvalue weighted by molar-refractivity contribution is -0.182. The van der Waals surface area contributed by atoms with Gasteiger partial charge in [0.05, 0.1) is 25.7 Å². The van der Waals surface area contributed by atoms with Gasteiger partial charge in [0.2, 0.25) is 0 Å². The maximum Gasteiger partial charge on any atom is 0.316 e. The standard InChI is InChI=1S/C16H26N2O6/c1-7-16(22)9(2)13(19)11(14(20)23-5)10(8-17-18(3)4)12(16)15(21)24-6/h8-12,22H,7H2,1-6H3/b17-8+/t9-,10-,11-,12-,16-/m0/s1. The summed E-state index contributed by atoms with van der Waals surface area (Å²) >= 11 is 0. The number of nitrogens with zero attached hydrogens (tertiary/aromatic N) is 2. The van der Waals surface area contributed by atoms with Gasteiger partial charge in [-0.2, -0.15) is 5.10 Å². The van der Waals surface area contributed by atoms with Crippen LogP contribution in [-0.4, -0.2) is 68.0 Å². The van der Waals surface area contributed by atoms with Crippen molar-refractivity contribution in [3.8, 4) is 0 Å². The van der Waals surface area contributed by atoms with E-state index >= 15 is 0 Å². The van der Waals surface area contributed by atoms with Gasteiger partial charge < -0.3 is 19.6 Å². The van der Waals surface area contributed by atoms with Crippen LogP contribution in [0.4, 0.5) is 0 Å². The van der Waals surface area contributed by atoms with Crippen molar-refractivity contribution < 1.29 is 29.0 Å². The largest absolute Gasteiger partial charge is 0.469 e. The molecule has 1 aliphatic carbocycles. The molecule has 1 N–H and O–H groups in total. The Morgan fingerprint density at radius 2 is 1.83 bits per heavy atom. The van der Waals surface area contributed by atoms with Crippen LogP contribution in [0.5, 0.6) is 0 Å². The summed E-state index contributed by atoms with van der Waals surface area (Å²) in [5.41, 5.74) is -1.63. The predicted octanol–water partition coefficient (Wildman–Crippen LogP) is 0.0883. The molecule has 0 aromatic carbocycles. The van der Waals surface area contributed by atoms with Crippen molar-refractivity contribution in [1.29, 1.82) is 0 Å². The first-order valence-corrected chi connectivity index (χ1v) is 7.78. The zero-order valence-electron chi connectivity index (χ0n) is 15.0. The van der Waals surface area contributed by atoms with Gasteiger partial charge in [-0.25, -0.2) is 0 Å². The molecule has 1 aliphatic rings. The average molecular weight is 342 g/mol. The summed E-state index contributed by atoms with van der Waals surface area (Å²) in [4.78, 5) is 37.3. The smallest absolute Gasteiger partial charge is 0.316 e. The molecule has 0 unspecified atom stereocenters. The molecule has 0 amide bonds. The van der Waals surface area contributed by atoms with Crippen LogP contribution in [0.25, 0.3) is 0 Å². The van der Waals surface area contributed by atoms with Crippen molar-refractivity contribution in [3.05, 3.63) is 0 Å². The minimum atomic E-state index is -1.63. The molecule has 0 heterocycles. The van der Waals surface area contributed by atoms with Gasteiger partial charge in [-0.05, 0) is 6.42 Å². The van der Waals surface area contributed by atoms with Gasteiger partial charge >= 0.3 is 11.9 Å². The molecule has 0 bridgehead atoms. The van der Waals surface area contributed by atoms with Gasteiger partial charge in [-0.15, -0.1) is 0 Å². The third kappa shape index (κ3) is 3.43. The maximum atomic E-state index is 12.7. The predicted molar refractivity (Wildman–Crippen MR) is 86.1 cm³/mol. The van der Waals surface area contributed by atoms with E-state index in [1.54, 1.807) is 21.0 Å². The molecule has 1 rings (SSSR count). The van der Waals surface area contributed by atoms with E-state index < -0.39 is 47.0 Å². The highest BCUT2D eigenvalue weighted by Crippen LogP contribution is 2.45. The normalized spacial score (nSPS) is 33.4. The number of carbonyl (C=O) groups is 3. The molecule has 136 valence electrons. The quantitative estimate of drug-likeness (QED) is 0.327. The fraction of sp³-hybridized carbons (Fsp3) is 0.750. The minimum Gasteiger partial charge on any atom is -0.469 e. The first-order valence-electron chi connectivity index (χ1n) is 7.78. The highest BCUT2D eigenvalue weighted by atomic mass is 16.5. The Balaban J connectivity index is 3.54. The summed E-state index contributed by atoms with van der Waals surface area (Å²) in [6.07, 6.45) is 1.49. The number of methoxy groups -OCH3 is 2. The van der Waals surface area contributed by atoms with Crippen molar-refractivity contribution in [2.75, 3.05) is 28.3 Å². The van der Waals surface area contributed by atoms with Crippen LogP contribution >= 0.6 is 0 Å². The van der Waals surface area contributed by atoms with E-state index in [2.05, 4.69) is 5.10 Å². The molecule has 0 aliphatic heterocycles. The van der Waals surface area contributed by atoms with Crippen LogP contribution in [0.1, 0.15) is 20.3 Å². The van der Waals surface area contributed by atoms with Gasteiger partial charge in [-0.1, -0.05) is 13.8 Å². The lowest BCUT2D eigenvalue weighted by atomic mass is 9.58. The first-order chi connectivity index (χ1) is 11.1. The van der Waals surface area contributed by atoms with E-state index in [9.17, 15) is 19.5 Å². The number of hydrazone groups is 1. The van der Waals surface area contributed by atoms with Crippen molar-refractivity contribution in [1.82, 2.24) is 5.01 Å². The van der Waals surface area contributed by atoms with Crippen LogP contribution < -0.4 is 0 Å². The zero-order valence-corrected chi connectivity index (χ0v) is 15.0. The second kappa shape index (κ2) is 7.74. The zero-order chi connectivity index (χ0) is 18.7. The van der Waals surface area contributed by atoms with Crippen molar-refractivity contribution >= 4 is 23.9 Å². The van der Waals surface area contributed by atoms with Crippen LogP contribution in [0, 0.1) is 23.7 Å². The number of carbonyl (C=O) groups excluding carboxylic acids is 3. The Hall–Kier alpha value is -1.96. The van der Waals surface area contributed by atoms with Gasteiger partial charge in [0, 0.05) is 32.1 Å². The highest BCUT2D eigenvalue weighted by Gasteiger charge is 2.61. The van der Waals surface area contributed by atoms with E-state index in [0.29, 0.717) is 0 Å². The van der Waals surface area contributed by atoms with Crippen molar-refractivity contribution in [3.63, 3.8) is 0 Å². The Morgan fingerprint density at radius 1 is 1.29 bits per heavy atom. The number of Topliss-reactive ketones (excluding diaryl/α,β-unsaturated/α-hetero) is 1. The Bertz CT molecular complexity index is 533. The molecular weight excluding hydrogens is 316 g/mol. The molecule has 8 heteroatoms. The van der Waals surface area contributed by atoms with Gasteiger partial charge in [0.15, 0.2) is 5.78 Å². The number of hydrogen-bond acceptors (Lipinski definition) is 8. The van der Waals surface area contributed by atoms with Crippen LogP contribution in [-0.2, 0) is 23.9 Å². The van der Waals surface area contributed by atoms with Crippen molar-refractivity contribution in [2.45, 2.75) is 25.9 Å². The number of hydrogen-bond donors (Lipinski definition) is 1. The van der Waals surface area contributed by atoms with Crippen LogP contribution in [0.3, 0.4) is 0 Å². The molecule has 1 saturated carbocycles. The molecule has 24 heavy (non-hydrogen) atoms. The summed E-state index contributed by atoms with van der Waals surface area (Å²) in [6.45, 7) is 3.19. The molecule has 0 aromatic rings. The van der Waals surface area contributed by atoms with E-state index in [1.165, 1.54) is 32.4 Å². The lowest BCUT2D eigenvalue weighted by Gasteiger charge is -2.47. The topological polar surface area (TPSA) is 106 Å². The van der Waals surface area contributed by atoms with E-state index in [-0.39, 0.29) is 6.42 Å². The van der Waals surface area contributed by atoms with Gasteiger partial charge in [0.1, 0.15) is 5.92 Å².